The molecule has 0 aliphatic carbocycles. The van der Waals surface area contributed by atoms with Crippen LogP contribution in [0, 0.1) is 0 Å². The van der Waals surface area contributed by atoms with Crippen molar-refractivity contribution in [1.82, 2.24) is 5.32 Å². The first kappa shape index (κ1) is 17.5. The second-order valence-electron chi connectivity index (χ2n) is 5.41. The van der Waals surface area contributed by atoms with E-state index in [1.165, 1.54) is 7.11 Å². The van der Waals surface area contributed by atoms with Crippen LogP contribution in [0.4, 0.5) is 4.79 Å². The van der Waals surface area contributed by atoms with E-state index < -0.39 is 18.1 Å². The van der Waals surface area contributed by atoms with Crippen LogP contribution < -0.4 is 5.32 Å². The number of rotatable bonds is 6. The molecular weight excluding hydrogens is 306 g/mol. The molecule has 24 heavy (non-hydrogen) atoms. The Morgan fingerprint density at radius 3 is 2.17 bits per heavy atom. The maximum atomic E-state index is 12.0. The van der Waals surface area contributed by atoms with Gasteiger partial charge in [-0.05, 0) is 11.1 Å². The third-order valence-corrected chi connectivity index (χ3v) is 3.77. The molecule has 1 N–H and O–H groups in total. The minimum absolute atomic E-state index is 0.139. The quantitative estimate of drug-likeness (QED) is 0.827. The molecule has 0 saturated heterocycles. The van der Waals surface area contributed by atoms with Gasteiger partial charge in [0.15, 0.2) is 0 Å². The van der Waals surface area contributed by atoms with E-state index in [9.17, 15) is 9.59 Å². The van der Waals surface area contributed by atoms with E-state index in [-0.39, 0.29) is 12.5 Å². The SMILES string of the molecule is COC(=O)[C@@H](NC(=O)OCc1ccccc1)C(C)c1ccccc1. The van der Waals surface area contributed by atoms with Gasteiger partial charge in [0.25, 0.3) is 0 Å². The van der Waals surface area contributed by atoms with Gasteiger partial charge in [0, 0.05) is 5.92 Å². The number of carbonyl (C=O) groups is 2. The van der Waals surface area contributed by atoms with E-state index in [4.69, 9.17) is 9.47 Å². The number of methoxy groups -OCH3 is 1. The third-order valence-electron chi connectivity index (χ3n) is 3.77. The topological polar surface area (TPSA) is 64.6 Å². The van der Waals surface area contributed by atoms with Crippen LogP contribution in [0.1, 0.15) is 24.0 Å². The molecule has 5 nitrogen and oxygen atoms in total. The zero-order valence-electron chi connectivity index (χ0n) is 13.8. The maximum Gasteiger partial charge on any atom is 0.408 e. The highest BCUT2D eigenvalue weighted by Crippen LogP contribution is 2.20. The van der Waals surface area contributed by atoms with Crippen LogP contribution in [-0.4, -0.2) is 25.2 Å². The van der Waals surface area contributed by atoms with Crippen molar-refractivity contribution < 1.29 is 19.1 Å². The van der Waals surface area contributed by atoms with E-state index in [1.807, 2.05) is 67.6 Å². The molecule has 1 amide bonds. The first-order valence-corrected chi connectivity index (χ1v) is 7.72. The summed E-state index contributed by atoms with van der Waals surface area (Å²) in [5, 5.41) is 2.60. The van der Waals surface area contributed by atoms with Gasteiger partial charge in [0.1, 0.15) is 12.6 Å². The summed E-state index contributed by atoms with van der Waals surface area (Å²) in [6.45, 7) is 1.99. The van der Waals surface area contributed by atoms with Gasteiger partial charge in [-0.1, -0.05) is 67.6 Å². The molecule has 0 bridgehead atoms. The van der Waals surface area contributed by atoms with Crippen LogP contribution in [0.15, 0.2) is 60.7 Å². The zero-order chi connectivity index (χ0) is 17.4. The van der Waals surface area contributed by atoms with Crippen LogP contribution >= 0.6 is 0 Å². The van der Waals surface area contributed by atoms with E-state index >= 15 is 0 Å². The summed E-state index contributed by atoms with van der Waals surface area (Å²) in [5.74, 6) is -0.758. The molecule has 0 spiro atoms. The Hall–Kier alpha value is -2.82. The molecule has 0 aliphatic heterocycles. The third kappa shape index (κ3) is 4.84. The van der Waals surface area contributed by atoms with E-state index in [0.717, 1.165) is 11.1 Å². The fraction of sp³-hybridized carbons (Fsp3) is 0.263. The summed E-state index contributed by atoms with van der Waals surface area (Å²) >= 11 is 0. The summed E-state index contributed by atoms with van der Waals surface area (Å²) in [5.41, 5.74) is 1.80. The molecule has 2 rings (SSSR count). The summed E-state index contributed by atoms with van der Waals surface area (Å²) in [6, 6.07) is 18.0. The molecule has 2 aromatic rings. The minimum Gasteiger partial charge on any atom is -0.467 e. The van der Waals surface area contributed by atoms with Crippen LogP contribution in [0.5, 0.6) is 0 Å². The average Bonchev–Trinajstić information content (AvgIpc) is 2.65. The van der Waals surface area contributed by atoms with Crippen molar-refractivity contribution in [2.45, 2.75) is 25.5 Å². The highest BCUT2D eigenvalue weighted by molar-refractivity contribution is 5.82. The predicted molar refractivity (Wildman–Crippen MR) is 90.4 cm³/mol. The van der Waals surface area contributed by atoms with Crippen molar-refractivity contribution in [2.24, 2.45) is 0 Å². The van der Waals surface area contributed by atoms with Gasteiger partial charge >= 0.3 is 12.1 Å². The Kier molecular flexibility index (Phi) is 6.37. The van der Waals surface area contributed by atoms with Crippen molar-refractivity contribution in [3.05, 3.63) is 71.8 Å². The maximum absolute atomic E-state index is 12.0. The van der Waals surface area contributed by atoms with Crippen molar-refractivity contribution >= 4 is 12.1 Å². The van der Waals surface area contributed by atoms with Gasteiger partial charge < -0.3 is 14.8 Å². The second-order valence-corrected chi connectivity index (χ2v) is 5.41. The van der Waals surface area contributed by atoms with Crippen LogP contribution in [0.3, 0.4) is 0 Å². The van der Waals surface area contributed by atoms with E-state index in [1.54, 1.807) is 0 Å². The van der Waals surface area contributed by atoms with Gasteiger partial charge in [-0.2, -0.15) is 0 Å². The Balaban J connectivity index is 2.00. The molecular formula is C19H21NO4. The predicted octanol–water partition coefficient (Wildman–Crippen LogP) is 3.26. The lowest BCUT2D eigenvalue weighted by Crippen LogP contribution is -2.45. The molecule has 5 heteroatoms. The fourth-order valence-electron chi connectivity index (χ4n) is 2.36. The van der Waals surface area contributed by atoms with Gasteiger partial charge in [-0.3, -0.25) is 0 Å². The van der Waals surface area contributed by atoms with Gasteiger partial charge in [-0.25, -0.2) is 9.59 Å². The number of esters is 1. The molecule has 0 aliphatic rings. The number of alkyl carbamates (subject to hydrolysis) is 1. The number of hydrogen-bond donors (Lipinski definition) is 1. The molecule has 0 heterocycles. The largest absolute Gasteiger partial charge is 0.467 e. The van der Waals surface area contributed by atoms with Crippen molar-refractivity contribution in [3.8, 4) is 0 Å². The molecule has 2 aromatic carbocycles. The fourth-order valence-corrected chi connectivity index (χ4v) is 2.36. The van der Waals surface area contributed by atoms with Crippen molar-refractivity contribution in [3.63, 3.8) is 0 Å². The standard InChI is InChI=1S/C19H21NO4/c1-14(16-11-7-4-8-12-16)17(18(21)23-2)20-19(22)24-13-15-9-5-3-6-10-15/h3-12,14,17H,13H2,1-2H3,(H,20,22)/t14?,17-/m0/s1. The summed E-state index contributed by atoms with van der Waals surface area (Å²) < 4.78 is 9.99. The average molecular weight is 327 g/mol. The van der Waals surface area contributed by atoms with Crippen molar-refractivity contribution in [1.29, 1.82) is 0 Å². The Bertz CT molecular complexity index is 658. The van der Waals surface area contributed by atoms with E-state index in [2.05, 4.69) is 5.32 Å². The first-order chi connectivity index (χ1) is 11.6. The summed E-state index contributed by atoms with van der Waals surface area (Å²) in [7, 11) is 1.30. The zero-order valence-corrected chi connectivity index (χ0v) is 13.8. The van der Waals surface area contributed by atoms with Crippen molar-refractivity contribution in [2.75, 3.05) is 7.11 Å². The normalized spacial score (nSPS) is 12.8. The minimum atomic E-state index is -0.819. The number of carbonyl (C=O) groups excluding carboxylic acids is 2. The lowest BCUT2D eigenvalue weighted by molar-refractivity contribution is -0.143. The Morgan fingerprint density at radius 2 is 1.58 bits per heavy atom. The Labute approximate surface area is 141 Å². The highest BCUT2D eigenvalue weighted by atomic mass is 16.6. The molecule has 2 atom stereocenters. The van der Waals surface area contributed by atoms with E-state index in [0.29, 0.717) is 0 Å². The molecule has 0 fully saturated rings. The molecule has 0 saturated carbocycles. The van der Waals surface area contributed by atoms with Gasteiger partial charge in [-0.15, -0.1) is 0 Å². The van der Waals surface area contributed by atoms with Crippen LogP contribution in [0.25, 0.3) is 0 Å². The first-order valence-electron chi connectivity index (χ1n) is 7.72. The lowest BCUT2D eigenvalue weighted by atomic mass is 9.93. The monoisotopic (exact) mass is 327 g/mol. The number of nitrogens with one attached hydrogen (secondary N) is 1. The van der Waals surface area contributed by atoms with Crippen LogP contribution in [0.2, 0.25) is 0 Å². The smallest absolute Gasteiger partial charge is 0.408 e. The number of amides is 1. The molecule has 126 valence electrons. The van der Waals surface area contributed by atoms with Gasteiger partial charge in [0.05, 0.1) is 7.11 Å². The summed E-state index contributed by atoms with van der Waals surface area (Å²) in [6.07, 6.45) is -0.656. The van der Waals surface area contributed by atoms with Crippen LogP contribution in [-0.2, 0) is 20.9 Å². The molecule has 0 radical (unpaired) electrons. The second kappa shape index (κ2) is 8.72. The number of ether oxygens (including phenoxy) is 2. The molecule has 0 aromatic heterocycles. The highest BCUT2D eigenvalue weighted by Gasteiger charge is 2.29. The number of benzene rings is 2. The van der Waals surface area contributed by atoms with Gasteiger partial charge in [0.2, 0.25) is 0 Å². The molecule has 1 unspecified atom stereocenters. The summed E-state index contributed by atoms with van der Waals surface area (Å²) in [4.78, 5) is 24.1. The lowest BCUT2D eigenvalue weighted by Gasteiger charge is -2.23. The number of hydrogen-bond acceptors (Lipinski definition) is 4. The Morgan fingerprint density at radius 1 is 1.00 bits per heavy atom.